The number of nitrogens with zero attached hydrogens (tertiary/aromatic N) is 4. The Labute approximate surface area is 210 Å². The van der Waals surface area contributed by atoms with Gasteiger partial charge in [0.25, 0.3) is 17.7 Å². The van der Waals surface area contributed by atoms with E-state index in [4.69, 9.17) is 26.8 Å². The maximum absolute atomic E-state index is 13.1. The fourth-order valence-corrected chi connectivity index (χ4v) is 3.45. The molecule has 0 spiro atoms. The Bertz CT molecular complexity index is 1270. The number of nitrogens with one attached hydrogen (secondary N) is 2. The first-order valence-electron chi connectivity index (χ1n) is 10.9. The van der Waals surface area contributed by atoms with Gasteiger partial charge in [-0.2, -0.15) is 0 Å². The van der Waals surface area contributed by atoms with Crippen LogP contribution in [-0.2, 0) is 9.53 Å². The van der Waals surface area contributed by atoms with E-state index in [9.17, 15) is 14.4 Å². The van der Waals surface area contributed by atoms with E-state index in [1.807, 2.05) is 0 Å². The van der Waals surface area contributed by atoms with Crippen molar-refractivity contribution in [1.29, 1.82) is 0 Å². The number of anilines is 3. The first-order valence-corrected chi connectivity index (χ1v) is 11.2. The van der Waals surface area contributed by atoms with E-state index in [-0.39, 0.29) is 42.9 Å². The van der Waals surface area contributed by atoms with Gasteiger partial charge in [0.05, 0.1) is 17.3 Å². The maximum atomic E-state index is 13.1. The summed E-state index contributed by atoms with van der Waals surface area (Å²) in [6.45, 7) is 1.20. The standard InChI is InChI=1S/C23H22ClN7O5/c24-14-1-4-18(28-12-14)30-23(34)21-20(26-6-7-27-21)22(33)29-16-3-2-15(11-17(16)36-9-5-25)31-8-10-35-13-19(31)32/h1-4,6-7,11-12H,5,8-10,13,25H2,(H,29,33)(H,28,30,34). The molecule has 3 heterocycles. The van der Waals surface area contributed by atoms with Crippen LogP contribution in [-0.4, -0.2) is 65.6 Å². The fourth-order valence-electron chi connectivity index (χ4n) is 3.34. The highest BCUT2D eigenvalue weighted by Gasteiger charge is 2.24. The number of morpholine rings is 1. The van der Waals surface area contributed by atoms with Crippen molar-refractivity contribution in [3.05, 3.63) is 65.3 Å². The molecule has 4 rings (SSSR count). The molecule has 3 aromatic rings. The molecule has 0 aliphatic carbocycles. The molecule has 1 aliphatic heterocycles. The van der Waals surface area contributed by atoms with Crippen molar-refractivity contribution in [1.82, 2.24) is 15.0 Å². The second-order valence-corrected chi connectivity index (χ2v) is 7.88. The van der Waals surface area contributed by atoms with Crippen molar-refractivity contribution in [2.24, 2.45) is 5.73 Å². The van der Waals surface area contributed by atoms with E-state index in [1.165, 1.54) is 24.7 Å². The predicted octanol–water partition coefficient (Wildman–Crippen LogP) is 1.73. The van der Waals surface area contributed by atoms with E-state index in [0.29, 0.717) is 35.3 Å². The van der Waals surface area contributed by atoms with Crippen LogP contribution in [0.4, 0.5) is 17.2 Å². The molecule has 4 N–H and O–H groups in total. The molecule has 0 saturated carbocycles. The highest BCUT2D eigenvalue weighted by atomic mass is 35.5. The topological polar surface area (TPSA) is 162 Å². The van der Waals surface area contributed by atoms with Gasteiger partial charge in [-0.15, -0.1) is 0 Å². The third-order valence-electron chi connectivity index (χ3n) is 4.98. The number of rotatable bonds is 8. The van der Waals surface area contributed by atoms with Crippen LogP contribution in [0.25, 0.3) is 0 Å². The molecular weight excluding hydrogens is 490 g/mol. The number of ether oxygens (including phenoxy) is 2. The Hall–Kier alpha value is -4.13. The fraction of sp³-hybridized carbons (Fsp3) is 0.217. The van der Waals surface area contributed by atoms with Crippen molar-refractivity contribution < 1.29 is 23.9 Å². The van der Waals surface area contributed by atoms with Gasteiger partial charge in [0.15, 0.2) is 11.4 Å². The van der Waals surface area contributed by atoms with Gasteiger partial charge in [0.1, 0.15) is 24.8 Å². The molecule has 1 saturated heterocycles. The van der Waals surface area contributed by atoms with Gasteiger partial charge in [0, 0.05) is 43.4 Å². The lowest BCUT2D eigenvalue weighted by Gasteiger charge is -2.27. The number of nitrogens with two attached hydrogens (primary N) is 1. The van der Waals surface area contributed by atoms with E-state index in [1.54, 1.807) is 29.2 Å². The molecule has 1 fully saturated rings. The van der Waals surface area contributed by atoms with Crippen LogP contribution in [0, 0.1) is 0 Å². The second kappa shape index (κ2) is 11.5. The summed E-state index contributed by atoms with van der Waals surface area (Å²) in [5.74, 6) is -1.03. The van der Waals surface area contributed by atoms with Crippen molar-refractivity contribution in [2.75, 3.05) is 48.4 Å². The minimum absolute atomic E-state index is 0.0134. The van der Waals surface area contributed by atoms with E-state index >= 15 is 0 Å². The summed E-state index contributed by atoms with van der Waals surface area (Å²) in [6.07, 6.45) is 3.97. The molecule has 2 aromatic heterocycles. The van der Waals surface area contributed by atoms with E-state index in [2.05, 4.69) is 25.6 Å². The Morgan fingerprint density at radius 2 is 1.83 bits per heavy atom. The van der Waals surface area contributed by atoms with Gasteiger partial charge in [0.2, 0.25) is 0 Å². The Morgan fingerprint density at radius 3 is 2.50 bits per heavy atom. The largest absolute Gasteiger partial charge is 0.490 e. The lowest BCUT2D eigenvalue weighted by molar-refractivity contribution is -0.125. The predicted molar refractivity (Wildman–Crippen MR) is 131 cm³/mol. The summed E-state index contributed by atoms with van der Waals surface area (Å²) < 4.78 is 10.9. The summed E-state index contributed by atoms with van der Waals surface area (Å²) >= 11 is 5.82. The summed E-state index contributed by atoms with van der Waals surface area (Å²) in [7, 11) is 0. The third kappa shape index (κ3) is 5.92. The Kier molecular flexibility index (Phi) is 8.00. The lowest BCUT2D eigenvalue weighted by Crippen LogP contribution is -2.41. The van der Waals surface area contributed by atoms with Gasteiger partial charge in [-0.05, 0) is 24.3 Å². The smallest absolute Gasteiger partial charge is 0.277 e. The average molecular weight is 512 g/mol. The molecule has 36 heavy (non-hydrogen) atoms. The zero-order valence-corrected chi connectivity index (χ0v) is 19.7. The van der Waals surface area contributed by atoms with Gasteiger partial charge < -0.3 is 30.7 Å². The van der Waals surface area contributed by atoms with Gasteiger partial charge in [-0.3, -0.25) is 14.4 Å². The van der Waals surface area contributed by atoms with E-state index < -0.39 is 11.8 Å². The van der Waals surface area contributed by atoms with Crippen molar-refractivity contribution in [3.63, 3.8) is 0 Å². The lowest BCUT2D eigenvalue weighted by atomic mass is 10.2. The zero-order valence-electron chi connectivity index (χ0n) is 18.9. The first-order chi connectivity index (χ1) is 17.5. The molecule has 1 aliphatic rings. The van der Waals surface area contributed by atoms with Gasteiger partial charge in [-0.1, -0.05) is 11.6 Å². The van der Waals surface area contributed by atoms with Crippen LogP contribution >= 0.6 is 11.6 Å². The quantitative estimate of drug-likeness (QED) is 0.408. The van der Waals surface area contributed by atoms with Crippen LogP contribution in [0.5, 0.6) is 5.75 Å². The molecule has 12 nitrogen and oxygen atoms in total. The average Bonchev–Trinajstić information content (AvgIpc) is 2.89. The number of aromatic nitrogens is 3. The minimum atomic E-state index is -0.690. The third-order valence-corrected chi connectivity index (χ3v) is 5.21. The number of hydrogen-bond donors (Lipinski definition) is 3. The maximum Gasteiger partial charge on any atom is 0.277 e. The minimum Gasteiger partial charge on any atom is -0.490 e. The van der Waals surface area contributed by atoms with Crippen LogP contribution in [0.15, 0.2) is 48.9 Å². The number of amides is 3. The molecule has 0 atom stereocenters. The first kappa shape index (κ1) is 25.0. The molecule has 13 heteroatoms. The number of benzene rings is 1. The summed E-state index contributed by atoms with van der Waals surface area (Å²) in [5, 5.41) is 5.66. The number of hydrogen-bond acceptors (Lipinski definition) is 9. The summed E-state index contributed by atoms with van der Waals surface area (Å²) in [6, 6.07) is 7.97. The Morgan fingerprint density at radius 1 is 1.08 bits per heavy atom. The monoisotopic (exact) mass is 511 g/mol. The molecule has 0 unspecified atom stereocenters. The van der Waals surface area contributed by atoms with Crippen LogP contribution in [0.2, 0.25) is 5.02 Å². The molecular formula is C23H22ClN7O5. The van der Waals surface area contributed by atoms with Gasteiger partial charge >= 0.3 is 0 Å². The molecule has 0 radical (unpaired) electrons. The number of carbonyl (C=O) groups is 3. The second-order valence-electron chi connectivity index (χ2n) is 7.44. The van der Waals surface area contributed by atoms with Crippen LogP contribution in [0.1, 0.15) is 21.0 Å². The van der Waals surface area contributed by atoms with Crippen LogP contribution < -0.4 is 26.0 Å². The summed E-state index contributed by atoms with van der Waals surface area (Å²) in [4.78, 5) is 51.7. The molecule has 1 aromatic carbocycles. The van der Waals surface area contributed by atoms with Gasteiger partial charge in [-0.25, -0.2) is 15.0 Å². The van der Waals surface area contributed by atoms with Crippen molar-refractivity contribution >= 4 is 46.5 Å². The molecule has 3 amide bonds. The summed E-state index contributed by atoms with van der Waals surface area (Å²) in [5.41, 5.74) is 6.06. The normalized spacial score (nSPS) is 13.3. The Balaban J connectivity index is 1.56. The number of pyridine rings is 1. The van der Waals surface area contributed by atoms with E-state index in [0.717, 1.165) is 0 Å². The molecule has 0 bridgehead atoms. The molecule has 186 valence electrons. The van der Waals surface area contributed by atoms with Crippen molar-refractivity contribution in [2.45, 2.75) is 0 Å². The highest BCUT2D eigenvalue weighted by molar-refractivity contribution is 6.30. The zero-order chi connectivity index (χ0) is 25.5. The van der Waals surface area contributed by atoms with Crippen molar-refractivity contribution in [3.8, 4) is 5.75 Å². The number of halogens is 1. The number of carbonyl (C=O) groups excluding carboxylic acids is 3. The SMILES string of the molecule is NCCOc1cc(N2CCOCC2=O)ccc1NC(=O)c1nccnc1C(=O)Nc1ccc(Cl)cn1. The highest BCUT2D eigenvalue weighted by Crippen LogP contribution is 2.31. The van der Waals surface area contributed by atoms with Crippen LogP contribution in [0.3, 0.4) is 0 Å².